The van der Waals surface area contributed by atoms with E-state index in [1.54, 1.807) is 12.1 Å². The van der Waals surface area contributed by atoms with Crippen molar-refractivity contribution >= 4 is 23.4 Å². The number of benzene rings is 2. The molecule has 2 aromatic carbocycles. The molecular formula is C17H17NO4S. The molecule has 0 bridgehead atoms. The van der Waals surface area contributed by atoms with Gasteiger partial charge in [-0.3, -0.25) is 14.9 Å². The van der Waals surface area contributed by atoms with Crippen LogP contribution in [0.4, 0.5) is 5.69 Å². The second kappa shape index (κ2) is 7.28. The summed E-state index contributed by atoms with van der Waals surface area (Å²) in [7, 11) is 0. The number of carbonyl (C=O) groups is 1. The standard InChI is InChI=1S/C17H17NO4S/c1-11-4-5-12(2)17(13(11)3)22-16(19)10-23-15-8-6-14(7-9-15)18(20)21/h4-9H,10H2,1-3H3. The number of ether oxygens (including phenoxy) is 1. The summed E-state index contributed by atoms with van der Waals surface area (Å²) in [4.78, 5) is 23.0. The predicted molar refractivity (Wildman–Crippen MR) is 90.1 cm³/mol. The Balaban J connectivity index is 1.98. The van der Waals surface area contributed by atoms with Crippen LogP contribution < -0.4 is 4.74 Å². The summed E-state index contributed by atoms with van der Waals surface area (Å²) in [6, 6.07) is 10.0. The molecule has 0 saturated heterocycles. The number of thioether (sulfide) groups is 1. The van der Waals surface area contributed by atoms with Gasteiger partial charge in [0.25, 0.3) is 5.69 Å². The molecular weight excluding hydrogens is 314 g/mol. The van der Waals surface area contributed by atoms with Crippen molar-refractivity contribution in [2.75, 3.05) is 5.75 Å². The molecule has 0 radical (unpaired) electrons. The quantitative estimate of drug-likeness (QED) is 0.270. The number of nitrogens with zero attached hydrogens (tertiary/aromatic N) is 1. The summed E-state index contributed by atoms with van der Waals surface area (Å²) in [5.41, 5.74) is 2.98. The van der Waals surface area contributed by atoms with Crippen molar-refractivity contribution in [3.63, 3.8) is 0 Å². The Morgan fingerprint density at radius 2 is 1.70 bits per heavy atom. The van der Waals surface area contributed by atoms with E-state index in [1.807, 2.05) is 32.9 Å². The number of hydrogen-bond acceptors (Lipinski definition) is 5. The molecule has 0 aliphatic heterocycles. The van der Waals surface area contributed by atoms with Crippen LogP contribution in [-0.4, -0.2) is 16.6 Å². The number of non-ortho nitro benzene ring substituents is 1. The first-order valence-corrected chi connectivity index (χ1v) is 8.02. The Morgan fingerprint density at radius 3 is 2.30 bits per heavy atom. The van der Waals surface area contributed by atoms with Gasteiger partial charge in [-0.05, 0) is 49.6 Å². The highest BCUT2D eigenvalue weighted by Crippen LogP contribution is 2.27. The van der Waals surface area contributed by atoms with Crippen LogP contribution in [0, 0.1) is 30.9 Å². The van der Waals surface area contributed by atoms with Gasteiger partial charge >= 0.3 is 5.97 Å². The van der Waals surface area contributed by atoms with Crippen LogP contribution in [0.2, 0.25) is 0 Å². The number of nitro benzene ring substituents is 1. The SMILES string of the molecule is Cc1ccc(C)c(OC(=O)CSc2ccc([N+](=O)[O-])cc2)c1C. The highest BCUT2D eigenvalue weighted by atomic mass is 32.2. The van der Waals surface area contributed by atoms with Gasteiger partial charge in [-0.15, -0.1) is 11.8 Å². The van der Waals surface area contributed by atoms with Crippen LogP contribution in [0.1, 0.15) is 16.7 Å². The zero-order valence-electron chi connectivity index (χ0n) is 13.2. The fraction of sp³-hybridized carbons (Fsp3) is 0.235. The molecule has 0 amide bonds. The van der Waals surface area contributed by atoms with Gasteiger partial charge in [-0.25, -0.2) is 0 Å². The maximum Gasteiger partial charge on any atom is 0.321 e. The minimum atomic E-state index is -0.452. The van der Waals surface area contributed by atoms with Crippen molar-refractivity contribution in [1.29, 1.82) is 0 Å². The van der Waals surface area contributed by atoms with Crippen LogP contribution in [0.3, 0.4) is 0 Å². The number of hydrogen-bond donors (Lipinski definition) is 0. The van der Waals surface area contributed by atoms with Gasteiger partial charge in [0.15, 0.2) is 0 Å². The maximum atomic E-state index is 12.0. The molecule has 6 heteroatoms. The van der Waals surface area contributed by atoms with Gasteiger partial charge in [0.2, 0.25) is 0 Å². The van der Waals surface area contributed by atoms with Crippen molar-refractivity contribution in [3.05, 3.63) is 63.2 Å². The lowest BCUT2D eigenvalue weighted by Gasteiger charge is -2.12. The van der Waals surface area contributed by atoms with Gasteiger partial charge in [-0.1, -0.05) is 12.1 Å². The average Bonchev–Trinajstić information content (AvgIpc) is 2.53. The van der Waals surface area contributed by atoms with Crippen LogP contribution in [0.5, 0.6) is 5.75 Å². The van der Waals surface area contributed by atoms with E-state index in [0.717, 1.165) is 21.6 Å². The Kier molecular flexibility index (Phi) is 5.39. The molecule has 0 heterocycles. The molecule has 0 fully saturated rings. The van der Waals surface area contributed by atoms with Gasteiger partial charge in [0.1, 0.15) is 5.75 Å². The average molecular weight is 331 g/mol. The fourth-order valence-corrected chi connectivity index (χ4v) is 2.70. The monoisotopic (exact) mass is 331 g/mol. The van der Waals surface area contributed by atoms with Crippen molar-refractivity contribution in [2.24, 2.45) is 0 Å². The predicted octanol–water partition coefficient (Wildman–Crippen LogP) is 4.22. The number of carbonyl (C=O) groups excluding carboxylic acids is 1. The van der Waals surface area contributed by atoms with Gasteiger partial charge < -0.3 is 4.74 Å². The van der Waals surface area contributed by atoms with Crippen LogP contribution >= 0.6 is 11.8 Å². The fourth-order valence-electron chi connectivity index (χ4n) is 2.03. The third-order valence-electron chi connectivity index (χ3n) is 3.49. The Bertz CT molecular complexity index is 741. The molecule has 0 atom stereocenters. The first kappa shape index (κ1) is 17.0. The van der Waals surface area contributed by atoms with Crippen LogP contribution in [0.15, 0.2) is 41.3 Å². The van der Waals surface area contributed by atoms with E-state index in [4.69, 9.17) is 4.74 Å². The molecule has 0 aliphatic carbocycles. The van der Waals surface area contributed by atoms with E-state index in [9.17, 15) is 14.9 Å². The Labute approximate surface area is 138 Å². The van der Waals surface area contributed by atoms with Gasteiger partial charge in [-0.2, -0.15) is 0 Å². The zero-order valence-corrected chi connectivity index (χ0v) is 14.0. The van der Waals surface area contributed by atoms with E-state index in [2.05, 4.69) is 0 Å². The second-order valence-corrected chi connectivity index (χ2v) is 6.22. The zero-order chi connectivity index (χ0) is 17.0. The molecule has 0 unspecified atom stereocenters. The van der Waals surface area contributed by atoms with E-state index in [1.165, 1.54) is 23.9 Å². The van der Waals surface area contributed by atoms with Crippen molar-refractivity contribution in [2.45, 2.75) is 25.7 Å². The molecule has 2 aromatic rings. The summed E-state index contributed by atoms with van der Waals surface area (Å²) >= 11 is 1.29. The van der Waals surface area contributed by atoms with Crippen LogP contribution in [0.25, 0.3) is 0 Å². The third kappa shape index (κ3) is 4.32. The highest BCUT2D eigenvalue weighted by molar-refractivity contribution is 8.00. The van der Waals surface area contributed by atoms with E-state index < -0.39 is 4.92 Å². The van der Waals surface area contributed by atoms with E-state index in [0.29, 0.717) is 5.75 Å². The molecule has 23 heavy (non-hydrogen) atoms. The maximum absolute atomic E-state index is 12.0. The number of nitro groups is 1. The summed E-state index contributed by atoms with van der Waals surface area (Å²) in [5.74, 6) is 0.411. The molecule has 0 aliphatic rings. The molecule has 0 N–H and O–H groups in total. The largest absolute Gasteiger partial charge is 0.425 e. The smallest absolute Gasteiger partial charge is 0.321 e. The number of rotatable bonds is 5. The molecule has 2 rings (SSSR count). The lowest BCUT2D eigenvalue weighted by atomic mass is 10.1. The minimum Gasteiger partial charge on any atom is -0.425 e. The number of aryl methyl sites for hydroxylation is 2. The normalized spacial score (nSPS) is 10.4. The van der Waals surface area contributed by atoms with Crippen molar-refractivity contribution < 1.29 is 14.5 Å². The summed E-state index contributed by atoms with van der Waals surface area (Å²) in [5, 5.41) is 10.6. The third-order valence-corrected chi connectivity index (χ3v) is 4.48. The summed E-state index contributed by atoms with van der Waals surface area (Å²) in [6.07, 6.45) is 0. The molecule has 0 saturated carbocycles. The van der Waals surface area contributed by atoms with Crippen LogP contribution in [-0.2, 0) is 4.79 Å². The first-order chi connectivity index (χ1) is 10.9. The number of esters is 1. The molecule has 0 aromatic heterocycles. The minimum absolute atomic E-state index is 0.0305. The van der Waals surface area contributed by atoms with Gasteiger partial charge in [0, 0.05) is 17.0 Å². The summed E-state index contributed by atoms with van der Waals surface area (Å²) in [6.45, 7) is 5.80. The van der Waals surface area contributed by atoms with E-state index in [-0.39, 0.29) is 17.4 Å². The first-order valence-electron chi connectivity index (χ1n) is 7.03. The summed E-state index contributed by atoms with van der Waals surface area (Å²) < 4.78 is 5.47. The Hall–Kier alpha value is -2.34. The van der Waals surface area contributed by atoms with Crippen molar-refractivity contribution in [1.82, 2.24) is 0 Å². The second-order valence-electron chi connectivity index (χ2n) is 5.17. The van der Waals surface area contributed by atoms with E-state index >= 15 is 0 Å². The Morgan fingerprint density at radius 1 is 1.09 bits per heavy atom. The lowest BCUT2D eigenvalue weighted by Crippen LogP contribution is -2.12. The topological polar surface area (TPSA) is 69.4 Å². The molecule has 0 spiro atoms. The highest BCUT2D eigenvalue weighted by Gasteiger charge is 2.12. The van der Waals surface area contributed by atoms with Gasteiger partial charge in [0.05, 0.1) is 10.7 Å². The molecule has 5 nitrogen and oxygen atoms in total. The molecule has 120 valence electrons. The lowest BCUT2D eigenvalue weighted by molar-refractivity contribution is -0.384. The van der Waals surface area contributed by atoms with Crippen molar-refractivity contribution in [3.8, 4) is 5.75 Å².